The van der Waals surface area contributed by atoms with E-state index in [1.807, 2.05) is 19.1 Å². The molecule has 1 aliphatic rings. The van der Waals surface area contributed by atoms with Crippen molar-refractivity contribution in [1.29, 1.82) is 0 Å². The highest BCUT2D eigenvalue weighted by atomic mass is 19.1. The van der Waals surface area contributed by atoms with Crippen LogP contribution < -0.4 is 10.6 Å². The first kappa shape index (κ1) is 17.7. The van der Waals surface area contributed by atoms with Gasteiger partial charge in [0.25, 0.3) is 0 Å². The first-order chi connectivity index (χ1) is 11.2. The lowest BCUT2D eigenvalue weighted by molar-refractivity contribution is 0.128. The third-order valence-electron chi connectivity index (χ3n) is 4.44. The molecule has 2 N–H and O–H groups in total. The molecule has 0 bridgehead atoms. The first-order valence-corrected chi connectivity index (χ1v) is 8.45. The molecular formula is C18H28FN3O. The topological polar surface area (TPSA) is 45.6 Å². The summed E-state index contributed by atoms with van der Waals surface area (Å²) in [5.74, 6) is 0.633. The van der Waals surface area contributed by atoms with Gasteiger partial charge in [0.2, 0.25) is 0 Å². The Kier molecular flexibility index (Phi) is 6.84. The van der Waals surface area contributed by atoms with Crippen LogP contribution in [-0.4, -0.2) is 39.3 Å². The van der Waals surface area contributed by atoms with E-state index >= 15 is 0 Å². The number of rotatable bonds is 9. The second kappa shape index (κ2) is 8.87. The van der Waals surface area contributed by atoms with E-state index in [9.17, 15) is 4.39 Å². The number of benzene rings is 1. The SMILES string of the molecule is CCOCCC1(CNC(=NC)NCCc2ccccc2F)CC1. The molecule has 0 aromatic heterocycles. The molecule has 0 aliphatic heterocycles. The van der Waals surface area contributed by atoms with E-state index in [1.54, 1.807) is 13.1 Å². The third kappa shape index (κ3) is 5.82. The van der Waals surface area contributed by atoms with Gasteiger partial charge in [-0.05, 0) is 49.7 Å². The molecule has 0 amide bonds. The van der Waals surface area contributed by atoms with E-state index in [4.69, 9.17) is 4.74 Å². The molecule has 128 valence electrons. The molecule has 1 saturated carbocycles. The normalized spacial score (nSPS) is 16.2. The fourth-order valence-electron chi connectivity index (χ4n) is 2.63. The highest BCUT2D eigenvalue weighted by molar-refractivity contribution is 5.79. The zero-order valence-corrected chi connectivity index (χ0v) is 14.2. The molecule has 0 heterocycles. The van der Waals surface area contributed by atoms with Crippen molar-refractivity contribution in [2.75, 3.05) is 33.4 Å². The minimum absolute atomic E-state index is 0.148. The van der Waals surface area contributed by atoms with Gasteiger partial charge in [0, 0.05) is 33.4 Å². The van der Waals surface area contributed by atoms with Gasteiger partial charge < -0.3 is 15.4 Å². The van der Waals surface area contributed by atoms with Gasteiger partial charge in [-0.25, -0.2) is 4.39 Å². The highest BCUT2D eigenvalue weighted by Crippen LogP contribution is 2.48. The van der Waals surface area contributed by atoms with Gasteiger partial charge in [0.05, 0.1) is 0 Å². The number of guanidine groups is 1. The van der Waals surface area contributed by atoms with E-state index < -0.39 is 0 Å². The Morgan fingerprint density at radius 2 is 2.09 bits per heavy atom. The number of hydrogen-bond donors (Lipinski definition) is 2. The van der Waals surface area contributed by atoms with Crippen LogP contribution in [0.3, 0.4) is 0 Å². The number of aliphatic imine (C=N–C) groups is 1. The Bertz CT molecular complexity index is 515. The molecule has 1 fully saturated rings. The molecule has 0 saturated heterocycles. The van der Waals surface area contributed by atoms with Crippen molar-refractivity contribution in [2.45, 2.75) is 32.6 Å². The van der Waals surface area contributed by atoms with Crippen molar-refractivity contribution in [3.05, 3.63) is 35.6 Å². The molecule has 4 nitrogen and oxygen atoms in total. The Balaban J connectivity index is 1.69. The minimum atomic E-state index is -0.148. The molecule has 1 aliphatic carbocycles. The van der Waals surface area contributed by atoms with Gasteiger partial charge >= 0.3 is 0 Å². The zero-order valence-electron chi connectivity index (χ0n) is 14.2. The van der Waals surface area contributed by atoms with Crippen LogP contribution in [0.4, 0.5) is 4.39 Å². The minimum Gasteiger partial charge on any atom is -0.382 e. The van der Waals surface area contributed by atoms with Gasteiger partial charge in [-0.3, -0.25) is 4.99 Å². The average Bonchev–Trinajstić information content (AvgIpc) is 3.33. The van der Waals surface area contributed by atoms with Crippen LogP contribution in [0.1, 0.15) is 31.7 Å². The lowest BCUT2D eigenvalue weighted by Crippen LogP contribution is -2.41. The summed E-state index contributed by atoms with van der Waals surface area (Å²) < 4.78 is 19.0. The predicted octanol–water partition coefficient (Wildman–Crippen LogP) is 2.74. The van der Waals surface area contributed by atoms with Gasteiger partial charge in [0.1, 0.15) is 5.82 Å². The summed E-state index contributed by atoms with van der Waals surface area (Å²) in [6.07, 6.45) is 4.24. The largest absolute Gasteiger partial charge is 0.382 e. The summed E-state index contributed by atoms with van der Waals surface area (Å²) in [6, 6.07) is 6.89. The van der Waals surface area contributed by atoms with Crippen molar-refractivity contribution >= 4 is 5.96 Å². The van der Waals surface area contributed by atoms with E-state index in [0.717, 1.165) is 37.7 Å². The molecule has 5 heteroatoms. The molecule has 0 spiro atoms. The van der Waals surface area contributed by atoms with Gasteiger partial charge in [-0.2, -0.15) is 0 Å². The van der Waals surface area contributed by atoms with Crippen molar-refractivity contribution in [3.63, 3.8) is 0 Å². The summed E-state index contributed by atoms with van der Waals surface area (Å²) in [5, 5.41) is 6.64. The second-order valence-electron chi connectivity index (χ2n) is 6.14. The molecule has 1 aromatic rings. The van der Waals surface area contributed by atoms with Crippen LogP contribution in [0, 0.1) is 11.2 Å². The highest BCUT2D eigenvalue weighted by Gasteiger charge is 2.41. The van der Waals surface area contributed by atoms with Crippen LogP contribution in [0.2, 0.25) is 0 Å². The lowest BCUT2D eigenvalue weighted by Gasteiger charge is -2.18. The van der Waals surface area contributed by atoms with Crippen molar-refractivity contribution in [2.24, 2.45) is 10.4 Å². The van der Waals surface area contributed by atoms with Gasteiger partial charge in [-0.15, -0.1) is 0 Å². The first-order valence-electron chi connectivity index (χ1n) is 8.45. The summed E-state index contributed by atoms with van der Waals surface area (Å²) in [4.78, 5) is 4.24. The molecular weight excluding hydrogens is 293 g/mol. The monoisotopic (exact) mass is 321 g/mol. The van der Waals surface area contributed by atoms with E-state index in [1.165, 1.54) is 18.9 Å². The molecule has 2 rings (SSSR count). The summed E-state index contributed by atoms with van der Waals surface area (Å²) >= 11 is 0. The Morgan fingerprint density at radius 1 is 1.30 bits per heavy atom. The number of halogens is 1. The third-order valence-corrected chi connectivity index (χ3v) is 4.44. The maximum Gasteiger partial charge on any atom is 0.191 e. The van der Waals surface area contributed by atoms with E-state index in [0.29, 0.717) is 18.4 Å². The quantitative estimate of drug-likeness (QED) is 0.418. The smallest absolute Gasteiger partial charge is 0.191 e. The van der Waals surface area contributed by atoms with Gasteiger partial charge in [-0.1, -0.05) is 18.2 Å². The maximum absolute atomic E-state index is 13.6. The van der Waals surface area contributed by atoms with E-state index in [2.05, 4.69) is 15.6 Å². The molecule has 0 atom stereocenters. The molecule has 1 aromatic carbocycles. The van der Waals surface area contributed by atoms with Crippen LogP contribution in [0.15, 0.2) is 29.3 Å². The maximum atomic E-state index is 13.6. The van der Waals surface area contributed by atoms with Crippen LogP contribution in [-0.2, 0) is 11.2 Å². The number of hydrogen-bond acceptors (Lipinski definition) is 2. The van der Waals surface area contributed by atoms with Crippen molar-refractivity contribution < 1.29 is 9.13 Å². The number of nitrogens with one attached hydrogen (secondary N) is 2. The van der Waals surface area contributed by atoms with Crippen molar-refractivity contribution in [3.8, 4) is 0 Å². The molecule has 0 radical (unpaired) electrons. The fraction of sp³-hybridized carbons (Fsp3) is 0.611. The Morgan fingerprint density at radius 3 is 2.74 bits per heavy atom. The number of nitrogens with zero attached hydrogens (tertiary/aromatic N) is 1. The van der Waals surface area contributed by atoms with Crippen LogP contribution in [0.25, 0.3) is 0 Å². The van der Waals surface area contributed by atoms with Crippen LogP contribution in [0.5, 0.6) is 0 Å². The average molecular weight is 321 g/mol. The summed E-state index contributed by atoms with van der Waals surface area (Å²) in [5.41, 5.74) is 1.10. The fourth-order valence-corrected chi connectivity index (χ4v) is 2.63. The summed E-state index contributed by atoms with van der Waals surface area (Å²) in [7, 11) is 1.76. The lowest BCUT2D eigenvalue weighted by atomic mass is 10.0. The van der Waals surface area contributed by atoms with Crippen LogP contribution >= 0.6 is 0 Å². The Labute approximate surface area is 138 Å². The molecule has 0 unspecified atom stereocenters. The van der Waals surface area contributed by atoms with Gasteiger partial charge in [0.15, 0.2) is 5.96 Å². The number of ether oxygens (including phenoxy) is 1. The predicted molar refractivity (Wildman–Crippen MR) is 92.2 cm³/mol. The Hall–Kier alpha value is -1.62. The zero-order chi connectivity index (χ0) is 16.5. The molecule has 23 heavy (non-hydrogen) atoms. The summed E-state index contributed by atoms with van der Waals surface area (Å²) in [6.45, 7) is 5.21. The van der Waals surface area contributed by atoms with E-state index in [-0.39, 0.29) is 5.82 Å². The standard InChI is InChI=1S/C18H28FN3O/c1-3-23-13-11-18(9-10-18)14-22-17(20-2)21-12-8-15-6-4-5-7-16(15)19/h4-7H,3,8-14H2,1-2H3,(H2,20,21,22). The second-order valence-corrected chi connectivity index (χ2v) is 6.14. The van der Waals surface area contributed by atoms with Crippen molar-refractivity contribution in [1.82, 2.24) is 10.6 Å².